The van der Waals surface area contributed by atoms with Crippen LogP contribution in [0.4, 0.5) is 0 Å². The van der Waals surface area contributed by atoms with Crippen LogP contribution < -0.4 is 5.43 Å². The first kappa shape index (κ1) is 12.9. The molecule has 0 radical (unpaired) electrons. The molecule has 0 fully saturated rings. The van der Waals surface area contributed by atoms with Gasteiger partial charge in [0.2, 0.25) is 0 Å². The highest BCUT2D eigenvalue weighted by molar-refractivity contribution is 5.73. The van der Waals surface area contributed by atoms with E-state index in [9.17, 15) is 0 Å². The molecule has 0 aliphatic rings. The van der Waals surface area contributed by atoms with Gasteiger partial charge in [-0.1, -0.05) is 51.2 Å². The number of fused-ring (bicyclic) bond motifs is 1. The molecule has 18 heavy (non-hydrogen) atoms. The van der Waals surface area contributed by atoms with Gasteiger partial charge in [0.05, 0.1) is 0 Å². The maximum Gasteiger partial charge on any atom is 0.115 e. The average Bonchev–Trinajstić information content (AvgIpc) is 2.81. The van der Waals surface area contributed by atoms with E-state index in [0.717, 1.165) is 17.6 Å². The molecule has 4 heteroatoms. The summed E-state index contributed by atoms with van der Waals surface area (Å²) in [4.78, 5) is 1.78. The van der Waals surface area contributed by atoms with Crippen molar-refractivity contribution in [2.24, 2.45) is 0 Å². The molecule has 0 aliphatic heterocycles. The van der Waals surface area contributed by atoms with Crippen LogP contribution in [-0.2, 0) is 0 Å². The van der Waals surface area contributed by atoms with Gasteiger partial charge < -0.3 is 5.43 Å². The number of benzene rings is 1. The molecule has 1 aromatic carbocycles. The smallest absolute Gasteiger partial charge is 0.115 e. The number of unbranched alkanes of at least 4 members (excludes halogenated alkanes) is 5. The summed E-state index contributed by atoms with van der Waals surface area (Å²) < 4.78 is 0. The molecule has 0 saturated carbocycles. The Morgan fingerprint density at radius 1 is 1.06 bits per heavy atom. The zero-order valence-electron chi connectivity index (χ0n) is 11.1. The van der Waals surface area contributed by atoms with E-state index < -0.39 is 0 Å². The Hall–Kier alpha value is -1.58. The molecule has 1 aromatic heterocycles. The molecule has 0 aliphatic carbocycles. The summed E-state index contributed by atoms with van der Waals surface area (Å²) >= 11 is 0. The van der Waals surface area contributed by atoms with Crippen LogP contribution in [0.5, 0.6) is 0 Å². The Kier molecular flexibility index (Phi) is 5.00. The fourth-order valence-electron chi connectivity index (χ4n) is 2.08. The Balaban J connectivity index is 1.70. The largest absolute Gasteiger partial charge is 0.308 e. The number of rotatable bonds is 8. The summed E-state index contributed by atoms with van der Waals surface area (Å²) in [6.07, 6.45) is 7.86. The number of nitrogens with zero attached hydrogens (tertiary/aromatic N) is 3. The van der Waals surface area contributed by atoms with E-state index in [1.807, 2.05) is 24.3 Å². The summed E-state index contributed by atoms with van der Waals surface area (Å²) in [5.41, 5.74) is 5.28. The minimum absolute atomic E-state index is 0.938. The second-order valence-electron chi connectivity index (χ2n) is 4.67. The molecule has 2 aromatic rings. The lowest BCUT2D eigenvalue weighted by molar-refractivity contribution is 0.599. The molecule has 1 heterocycles. The highest BCUT2D eigenvalue weighted by Gasteiger charge is 2.01. The number of para-hydroxylation sites is 1. The van der Waals surface area contributed by atoms with Gasteiger partial charge >= 0.3 is 0 Å². The molecule has 0 amide bonds. The van der Waals surface area contributed by atoms with Crippen LogP contribution in [0.2, 0.25) is 0 Å². The second-order valence-corrected chi connectivity index (χ2v) is 4.67. The van der Waals surface area contributed by atoms with Crippen molar-refractivity contribution in [3.8, 4) is 0 Å². The Morgan fingerprint density at radius 3 is 2.72 bits per heavy atom. The molecular weight excluding hydrogens is 224 g/mol. The van der Waals surface area contributed by atoms with E-state index >= 15 is 0 Å². The fourth-order valence-corrected chi connectivity index (χ4v) is 2.08. The third-order valence-corrected chi connectivity index (χ3v) is 3.14. The number of nitrogens with one attached hydrogen (secondary N) is 1. The lowest BCUT2D eigenvalue weighted by Crippen LogP contribution is -2.17. The summed E-state index contributed by atoms with van der Waals surface area (Å²) in [7, 11) is 0. The zero-order valence-corrected chi connectivity index (χ0v) is 11.1. The van der Waals surface area contributed by atoms with Crippen LogP contribution in [-0.4, -0.2) is 21.6 Å². The van der Waals surface area contributed by atoms with Gasteiger partial charge in [-0.3, -0.25) is 0 Å². The fraction of sp³-hybridized carbons (Fsp3) is 0.571. The molecule has 0 spiro atoms. The third kappa shape index (κ3) is 3.45. The quantitative estimate of drug-likeness (QED) is 0.726. The summed E-state index contributed by atoms with van der Waals surface area (Å²) in [6.45, 7) is 3.21. The molecule has 98 valence electrons. The van der Waals surface area contributed by atoms with E-state index in [0.29, 0.717) is 0 Å². The molecule has 2 rings (SSSR count). The van der Waals surface area contributed by atoms with Crippen molar-refractivity contribution in [3.63, 3.8) is 0 Å². The van der Waals surface area contributed by atoms with Gasteiger partial charge in [-0.25, -0.2) is 0 Å². The van der Waals surface area contributed by atoms with Crippen molar-refractivity contribution in [2.75, 3.05) is 12.0 Å². The molecule has 0 atom stereocenters. The van der Waals surface area contributed by atoms with Gasteiger partial charge in [0, 0.05) is 6.54 Å². The standard InChI is InChI=1S/C14H22N4/c1-2-3-4-5-6-9-12-15-18-14-11-8-7-10-13(14)16-17-18/h7-8,10-11,15H,2-6,9,12H2,1H3. The van der Waals surface area contributed by atoms with Gasteiger partial charge in [-0.15, -0.1) is 5.10 Å². The Bertz CT molecular complexity index is 464. The molecule has 4 nitrogen and oxygen atoms in total. The second kappa shape index (κ2) is 6.99. The van der Waals surface area contributed by atoms with Crippen molar-refractivity contribution in [2.45, 2.75) is 45.4 Å². The van der Waals surface area contributed by atoms with Crippen LogP contribution in [0.1, 0.15) is 45.4 Å². The van der Waals surface area contributed by atoms with Crippen LogP contribution >= 0.6 is 0 Å². The Labute approximate surface area is 108 Å². The van der Waals surface area contributed by atoms with Gasteiger partial charge in [-0.2, -0.15) is 4.79 Å². The number of hydrogen-bond acceptors (Lipinski definition) is 3. The van der Waals surface area contributed by atoms with Crippen molar-refractivity contribution < 1.29 is 0 Å². The lowest BCUT2D eigenvalue weighted by Gasteiger charge is -2.06. The summed E-state index contributed by atoms with van der Waals surface area (Å²) in [5, 5.41) is 8.21. The third-order valence-electron chi connectivity index (χ3n) is 3.14. The van der Waals surface area contributed by atoms with Gasteiger partial charge in [0.25, 0.3) is 0 Å². The van der Waals surface area contributed by atoms with Gasteiger partial charge in [0.1, 0.15) is 11.0 Å². The zero-order chi connectivity index (χ0) is 12.6. The van der Waals surface area contributed by atoms with Crippen LogP contribution in [0.25, 0.3) is 11.0 Å². The Morgan fingerprint density at radius 2 is 1.83 bits per heavy atom. The SMILES string of the molecule is CCCCCCCCNn1nnc2ccccc21. The maximum atomic E-state index is 4.11. The monoisotopic (exact) mass is 246 g/mol. The van der Waals surface area contributed by atoms with E-state index in [1.165, 1.54) is 38.5 Å². The number of hydrogen-bond donors (Lipinski definition) is 1. The van der Waals surface area contributed by atoms with Gasteiger partial charge in [-0.05, 0) is 23.8 Å². The minimum atomic E-state index is 0.938. The van der Waals surface area contributed by atoms with Crippen molar-refractivity contribution >= 4 is 11.0 Å². The lowest BCUT2D eigenvalue weighted by atomic mass is 10.1. The van der Waals surface area contributed by atoms with Crippen molar-refractivity contribution in [1.29, 1.82) is 0 Å². The molecule has 0 bridgehead atoms. The van der Waals surface area contributed by atoms with E-state index in [4.69, 9.17) is 0 Å². The highest BCUT2D eigenvalue weighted by atomic mass is 15.6. The summed E-state index contributed by atoms with van der Waals surface area (Å²) in [5.74, 6) is 0. The first-order valence-electron chi connectivity index (χ1n) is 6.96. The van der Waals surface area contributed by atoms with Crippen molar-refractivity contribution in [1.82, 2.24) is 15.1 Å². The van der Waals surface area contributed by atoms with Crippen molar-refractivity contribution in [3.05, 3.63) is 24.3 Å². The predicted octanol–water partition coefficient (Wildman–Crippen LogP) is 3.34. The molecular formula is C14H22N4. The van der Waals surface area contributed by atoms with Gasteiger partial charge in [0.15, 0.2) is 0 Å². The minimum Gasteiger partial charge on any atom is -0.308 e. The van der Waals surface area contributed by atoms with Crippen LogP contribution in [0.3, 0.4) is 0 Å². The predicted molar refractivity (Wildman–Crippen MR) is 75.1 cm³/mol. The molecule has 0 unspecified atom stereocenters. The van der Waals surface area contributed by atoms with E-state index in [2.05, 4.69) is 22.7 Å². The highest BCUT2D eigenvalue weighted by Crippen LogP contribution is 2.08. The van der Waals surface area contributed by atoms with E-state index in [1.54, 1.807) is 4.79 Å². The molecule has 1 N–H and O–H groups in total. The topological polar surface area (TPSA) is 42.7 Å². The molecule has 0 saturated heterocycles. The summed E-state index contributed by atoms with van der Waals surface area (Å²) in [6, 6.07) is 8.00. The average molecular weight is 246 g/mol. The van der Waals surface area contributed by atoms with Crippen LogP contribution in [0.15, 0.2) is 24.3 Å². The first-order chi connectivity index (χ1) is 8.92. The number of aromatic nitrogens is 3. The van der Waals surface area contributed by atoms with E-state index in [-0.39, 0.29) is 0 Å². The van der Waals surface area contributed by atoms with Crippen LogP contribution in [0, 0.1) is 0 Å². The maximum absolute atomic E-state index is 4.11. The normalized spacial score (nSPS) is 10.9. The first-order valence-corrected chi connectivity index (χ1v) is 6.96.